The molecule has 0 spiro atoms. The first-order valence-corrected chi connectivity index (χ1v) is 10.9. The summed E-state index contributed by atoms with van der Waals surface area (Å²) in [6, 6.07) is 15.9. The number of hydrogen-bond acceptors (Lipinski definition) is 6. The molecule has 0 radical (unpaired) electrons. The first-order valence-electron chi connectivity index (χ1n) is 10.0. The summed E-state index contributed by atoms with van der Waals surface area (Å²) in [7, 11) is 1.59. The van der Waals surface area contributed by atoms with Crippen molar-refractivity contribution in [2.75, 3.05) is 24.3 Å². The Morgan fingerprint density at radius 1 is 1.10 bits per heavy atom. The van der Waals surface area contributed by atoms with Gasteiger partial charge in [0, 0.05) is 23.4 Å². The Balaban J connectivity index is 1.50. The van der Waals surface area contributed by atoms with Crippen LogP contribution in [0.25, 0.3) is 21.3 Å². The summed E-state index contributed by atoms with van der Waals surface area (Å²) in [6.45, 7) is 4.53. The molecule has 4 aromatic rings. The fourth-order valence-electron chi connectivity index (χ4n) is 3.56. The van der Waals surface area contributed by atoms with Crippen molar-refractivity contribution in [3.05, 3.63) is 65.3 Å². The van der Waals surface area contributed by atoms with Gasteiger partial charge in [-0.3, -0.25) is 4.79 Å². The van der Waals surface area contributed by atoms with E-state index < -0.39 is 0 Å². The SMILES string of the molecule is COc1ccc(C)cc1NC(=O)CCNc1ncnc2sc(C)c(-c3ccccc3)c12. The molecule has 158 valence electrons. The second kappa shape index (κ2) is 9.14. The van der Waals surface area contributed by atoms with Crippen molar-refractivity contribution in [1.29, 1.82) is 0 Å². The molecule has 31 heavy (non-hydrogen) atoms. The van der Waals surface area contributed by atoms with Gasteiger partial charge in [-0.15, -0.1) is 11.3 Å². The molecule has 0 aliphatic rings. The van der Waals surface area contributed by atoms with Gasteiger partial charge < -0.3 is 15.4 Å². The molecular formula is C24H24N4O2S. The van der Waals surface area contributed by atoms with E-state index >= 15 is 0 Å². The molecule has 0 aliphatic carbocycles. The molecule has 1 amide bonds. The number of fused-ring (bicyclic) bond motifs is 1. The number of anilines is 2. The number of hydrogen-bond donors (Lipinski definition) is 2. The Morgan fingerprint density at radius 2 is 1.90 bits per heavy atom. The highest BCUT2D eigenvalue weighted by atomic mass is 32.1. The van der Waals surface area contributed by atoms with E-state index in [1.165, 1.54) is 4.88 Å². The number of rotatable bonds is 7. The number of nitrogens with zero attached hydrogens (tertiary/aromatic N) is 2. The van der Waals surface area contributed by atoms with Gasteiger partial charge in [-0.1, -0.05) is 36.4 Å². The predicted molar refractivity (Wildman–Crippen MR) is 127 cm³/mol. The molecule has 6 nitrogen and oxygen atoms in total. The molecule has 4 rings (SSSR count). The van der Waals surface area contributed by atoms with Gasteiger partial charge in [-0.05, 0) is 37.1 Å². The minimum absolute atomic E-state index is 0.0912. The highest BCUT2D eigenvalue weighted by Crippen LogP contribution is 2.40. The number of methoxy groups -OCH3 is 1. The molecule has 2 aromatic carbocycles. The lowest BCUT2D eigenvalue weighted by molar-refractivity contribution is -0.116. The quantitative estimate of drug-likeness (QED) is 0.408. The van der Waals surface area contributed by atoms with Gasteiger partial charge in [0.15, 0.2) is 0 Å². The Labute approximate surface area is 185 Å². The fraction of sp³-hybridized carbons (Fsp3) is 0.208. The van der Waals surface area contributed by atoms with Crippen LogP contribution in [0.2, 0.25) is 0 Å². The summed E-state index contributed by atoms with van der Waals surface area (Å²) in [5.74, 6) is 1.30. The predicted octanol–water partition coefficient (Wildman–Crippen LogP) is 5.42. The van der Waals surface area contributed by atoms with Crippen molar-refractivity contribution < 1.29 is 9.53 Å². The smallest absolute Gasteiger partial charge is 0.226 e. The number of thiophene rings is 1. The molecule has 2 N–H and O–H groups in total. The molecule has 0 saturated carbocycles. The highest BCUT2D eigenvalue weighted by molar-refractivity contribution is 7.19. The standard InChI is InChI=1S/C24H24N4O2S/c1-15-9-10-19(30-3)18(13-15)28-20(29)11-12-25-23-22-21(17-7-5-4-6-8-17)16(2)31-24(22)27-14-26-23/h4-10,13-14H,11-12H2,1-3H3,(H,28,29)(H,25,26,27). The Bertz CT molecular complexity index is 1220. The monoisotopic (exact) mass is 432 g/mol. The van der Waals surface area contributed by atoms with E-state index in [-0.39, 0.29) is 5.91 Å². The number of carbonyl (C=O) groups excluding carboxylic acids is 1. The van der Waals surface area contributed by atoms with Crippen molar-refractivity contribution in [1.82, 2.24) is 9.97 Å². The topological polar surface area (TPSA) is 76.1 Å². The molecule has 0 aliphatic heterocycles. The van der Waals surface area contributed by atoms with Gasteiger partial charge in [0.2, 0.25) is 5.91 Å². The molecule has 0 saturated heterocycles. The summed E-state index contributed by atoms with van der Waals surface area (Å²) < 4.78 is 5.33. The molecular weight excluding hydrogens is 408 g/mol. The third-order valence-electron chi connectivity index (χ3n) is 5.00. The van der Waals surface area contributed by atoms with E-state index in [0.29, 0.717) is 24.4 Å². The van der Waals surface area contributed by atoms with E-state index in [1.807, 2.05) is 43.3 Å². The number of nitrogens with one attached hydrogen (secondary N) is 2. The van der Waals surface area contributed by atoms with Crippen LogP contribution in [0.3, 0.4) is 0 Å². The molecule has 7 heteroatoms. The molecule has 0 fully saturated rings. The first-order chi connectivity index (χ1) is 15.1. The third kappa shape index (κ3) is 4.51. The van der Waals surface area contributed by atoms with E-state index in [2.05, 4.69) is 39.7 Å². The zero-order valence-corrected chi connectivity index (χ0v) is 18.5. The van der Waals surface area contributed by atoms with Crippen LogP contribution >= 0.6 is 11.3 Å². The number of amides is 1. The second-order valence-electron chi connectivity index (χ2n) is 7.23. The van der Waals surface area contributed by atoms with Crippen LogP contribution in [-0.4, -0.2) is 29.5 Å². The maximum Gasteiger partial charge on any atom is 0.226 e. The number of aryl methyl sites for hydroxylation is 2. The summed E-state index contributed by atoms with van der Waals surface area (Å²) in [5.41, 5.74) is 4.00. The Kier molecular flexibility index (Phi) is 6.13. The van der Waals surface area contributed by atoms with Crippen molar-refractivity contribution in [3.63, 3.8) is 0 Å². The number of aromatic nitrogens is 2. The van der Waals surface area contributed by atoms with E-state index in [1.54, 1.807) is 24.8 Å². The molecule has 2 aromatic heterocycles. The first kappa shape index (κ1) is 20.8. The van der Waals surface area contributed by atoms with Crippen LogP contribution < -0.4 is 15.4 Å². The van der Waals surface area contributed by atoms with Crippen LogP contribution in [-0.2, 0) is 4.79 Å². The maximum atomic E-state index is 12.5. The number of benzene rings is 2. The summed E-state index contributed by atoms with van der Waals surface area (Å²) in [6.07, 6.45) is 1.86. The van der Waals surface area contributed by atoms with Crippen molar-refractivity contribution in [3.8, 4) is 16.9 Å². The zero-order chi connectivity index (χ0) is 21.8. The van der Waals surface area contributed by atoms with Gasteiger partial charge in [-0.2, -0.15) is 0 Å². The van der Waals surface area contributed by atoms with Crippen molar-refractivity contribution in [2.45, 2.75) is 20.3 Å². The summed E-state index contributed by atoms with van der Waals surface area (Å²) in [5, 5.41) is 7.26. The minimum atomic E-state index is -0.0912. The van der Waals surface area contributed by atoms with Gasteiger partial charge in [0.05, 0.1) is 18.2 Å². The normalized spacial score (nSPS) is 10.8. The Hall–Kier alpha value is -3.45. The van der Waals surface area contributed by atoms with Crippen LogP contribution in [0.4, 0.5) is 11.5 Å². The minimum Gasteiger partial charge on any atom is -0.495 e. The maximum absolute atomic E-state index is 12.5. The fourth-order valence-corrected chi connectivity index (χ4v) is 4.57. The molecule has 0 unspecified atom stereocenters. The highest BCUT2D eigenvalue weighted by Gasteiger charge is 2.16. The summed E-state index contributed by atoms with van der Waals surface area (Å²) >= 11 is 1.65. The Morgan fingerprint density at radius 3 is 2.68 bits per heavy atom. The van der Waals surface area contributed by atoms with E-state index in [0.717, 1.165) is 32.7 Å². The lowest BCUT2D eigenvalue weighted by Gasteiger charge is -2.12. The molecule has 2 heterocycles. The lowest BCUT2D eigenvalue weighted by Crippen LogP contribution is -2.17. The van der Waals surface area contributed by atoms with Crippen molar-refractivity contribution >= 4 is 39.0 Å². The van der Waals surface area contributed by atoms with Crippen LogP contribution in [0, 0.1) is 13.8 Å². The number of ether oxygens (including phenoxy) is 1. The van der Waals surface area contributed by atoms with Crippen LogP contribution in [0.5, 0.6) is 5.75 Å². The summed E-state index contributed by atoms with van der Waals surface area (Å²) in [4.78, 5) is 23.5. The van der Waals surface area contributed by atoms with Crippen LogP contribution in [0.15, 0.2) is 54.9 Å². The average molecular weight is 433 g/mol. The zero-order valence-electron chi connectivity index (χ0n) is 17.7. The molecule has 0 atom stereocenters. The van der Waals surface area contributed by atoms with E-state index in [4.69, 9.17) is 4.74 Å². The number of carbonyl (C=O) groups is 1. The van der Waals surface area contributed by atoms with Crippen molar-refractivity contribution in [2.24, 2.45) is 0 Å². The van der Waals surface area contributed by atoms with Gasteiger partial charge >= 0.3 is 0 Å². The van der Waals surface area contributed by atoms with Gasteiger partial charge in [0.25, 0.3) is 0 Å². The average Bonchev–Trinajstić information content (AvgIpc) is 3.11. The second-order valence-corrected chi connectivity index (χ2v) is 8.43. The third-order valence-corrected chi connectivity index (χ3v) is 6.01. The van der Waals surface area contributed by atoms with E-state index in [9.17, 15) is 4.79 Å². The largest absolute Gasteiger partial charge is 0.495 e. The van der Waals surface area contributed by atoms with Gasteiger partial charge in [0.1, 0.15) is 22.7 Å². The lowest BCUT2D eigenvalue weighted by atomic mass is 10.0. The van der Waals surface area contributed by atoms with Gasteiger partial charge in [-0.25, -0.2) is 9.97 Å². The van der Waals surface area contributed by atoms with Crippen LogP contribution in [0.1, 0.15) is 16.9 Å². The molecule has 0 bridgehead atoms.